The van der Waals surface area contributed by atoms with E-state index in [0.717, 1.165) is 5.69 Å². The fraction of sp³-hybridized carbons (Fsp3) is 0.417. The summed E-state index contributed by atoms with van der Waals surface area (Å²) in [5.41, 5.74) is 1.26. The topological polar surface area (TPSA) is 75.3 Å². The molecule has 1 aliphatic rings. The van der Waals surface area contributed by atoms with Crippen molar-refractivity contribution in [3.63, 3.8) is 0 Å². The monoisotopic (exact) mass is 268 g/mol. The second-order valence-corrected chi connectivity index (χ2v) is 6.60. The van der Waals surface area contributed by atoms with Crippen molar-refractivity contribution in [2.75, 3.05) is 23.9 Å². The van der Waals surface area contributed by atoms with Gasteiger partial charge in [-0.05, 0) is 18.6 Å². The highest BCUT2D eigenvalue weighted by molar-refractivity contribution is 7.91. The molecule has 1 heterocycles. The number of benzene rings is 1. The number of amides is 1. The number of hydrogen-bond acceptors (Lipinski definition) is 4. The molecule has 5 nitrogen and oxygen atoms in total. The molecule has 2 N–H and O–H groups in total. The van der Waals surface area contributed by atoms with Gasteiger partial charge in [-0.2, -0.15) is 0 Å². The van der Waals surface area contributed by atoms with E-state index in [-0.39, 0.29) is 23.5 Å². The van der Waals surface area contributed by atoms with Crippen LogP contribution < -0.4 is 10.6 Å². The Bertz CT molecular complexity index is 554. The van der Waals surface area contributed by atoms with Crippen LogP contribution in [0.3, 0.4) is 0 Å². The second-order valence-electron chi connectivity index (χ2n) is 4.37. The van der Waals surface area contributed by atoms with Crippen LogP contribution in [-0.4, -0.2) is 38.9 Å². The van der Waals surface area contributed by atoms with E-state index >= 15 is 0 Å². The van der Waals surface area contributed by atoms with Crippen LogP contribution in [0.25, 0.3) is 0 Å². The van der Waals surface area contributed by atoms with Crippen LogP contribution in [0.15, 0.2) is 24.3 Å². The molecule has 1 aromatic rings. The Labute approximate surface area is 107 Å². The molecule has 0 aliphatic carbocycles. The molecular weight excluding hydrogens is 252 g/mol. The summed E-state index contributed by atoms with van der Waals surface area (Å²) < 4.78 is 22.6. The predicted octanol–water partition coefficient (Wildman–Crippen LogP) is 0.645. The highest BCUT2D eigenvalue weighted by atomic mass is 32.2. The van der Waals surface area contributed by atoms with Gasteiger partial charge >= 0.3 is 0 Å². The molecule has 0 spiro atoms. The first kappa shape index (κ1) is 12.9. The van der Waals surface area contributed by atoms with Crippen molar-refractivity contribution in [3.8, 4) is 0 Å². The zero-order valence-electron chi connectivity index (χ0n) is 10.1. The number of carbonyl (C=O) groups excluding carboxylic acids is 1. The lowest BCUT2D eigenvalue weighted by atomic mass is 10.1. The van der Waals surface area contributed by atoms with Crippen LogP contribution in [0.2, 0.25) is 0 Å². The van der Waals surface area contributed by atoms with Crippen LogP contribution in [0, 0.1) is 0 Å². The van der Waals surface area contributed by atoms with Crippen molar-refractivity contribution in [1.82, 2.24) is 5.32 Å². The first-order valence-corrected chi connectivity index (χ1v) is 7.62. The number of sulfone groups is 1. The standard InChI is InChI=1S/C12H16N2O3S/c1-13-11-5-3-2-4-10(11)12(15)14-9-6-7-18(16,17)8-9/h2-5,9,13H,6-8H2,1H3,(H,14,15). The van der Waals surface area contributed by atoms with Gasteiger partial charge in [-0.1, -0.05) is 12.1 Å². The lowest BCUT2D eigenvalue weighted by Gasteiger charge is -2.13. The molecule has 1 aliphatic heterocycles. The molecular formula is C12H16N2O3S. The zero-order chi connectivity index (χ0) is 13.2. The molecule has 1 fully saturated rings. The first-order valence-electron chi connectivity index (χ1n) is 5.80. The minimum atomic E-state index is -2.97. The van der Waals surface area contributed by atoms with Gasteiger partial charge in [0, 0.05) is 18.8 Å². The molecule has 1 aromatic carbocycles. The summed E-state index contributed by atoms with van der Waals surface area (Å²) in [6.07, 6.45) is 0.496. The van der Waals surface area contributed by atoms with Gasteiger partial charge in [0.25, 0.3) is 5.91 Å². The molecule has 1 amide bonds. The Morgan fingerprint density at radius 3 is 2.67 bits per heavy atom. The number of anilines is 1. The maximum Gasteiger partial charge on any atom is 0.253 e. The Balaban J connectivity index is 2.09. The van der Waals surface area contributed by atoms with Crippen LogP contribution in [0.5, 0.6) is 0 Å². The summed E-state index contributed by atoms with van der Waals surface area (Å²) in [6.45, 7) is 0. The highest BCUT2D eigenvalue weighted by Crippen LogP contribution is 2.16. The van der Waals surface area contributed by atoms with Gasteiger partial charge in [-0.25, -0.2) is 8.42 Å². The molecule has 0 radical (unpaired) electrons. The maximum atomic E-state index is 12.0. The Morgan fingerprint density at radius 2 is 2.06 bits per heavy atom. The van der Waals surface area contributed by atoms with Gasteiger partial charge in [-0.15, -0.1) is 0 Å². The van der Waals surface area contributed by atoms with Crippen molar-refractivity contribution in [2.24, 2.45) is 0 Å². The Morgan fingerprint density at radius 1 is 1.33 bits per heavy atom. The summed E-state index contributed by atoms with van der Waals surface area (Å²) >= 11 is 0. The fourth-order valence-electron chi connectivity index (χ4n) is 2.07. The largest absolute Gasteiger partial charge is 0.387 e. The van der Waals surface area contributed by atoms with Crippen molar-refractivity contribution in [1.29, 1.82) is 0 Å². The fourth-order valence-corrected chi connectivity index (χ4v) is 3.74. The molecule has 1 unspecified atom stereocenters. The first-order chi connectivity index (χ1) is 8.52. The number of hydrogen-bond donors (Lipinski definition) is 2. The van der Waals surface area contributed by atoms with Gasteiger partial charge in [0.15, 0.2) is 9.84 Å². The van der Waals surface area contributed by atoms with Crippen molar-refractivity contribution in [3.05, 3.63) is 29.8 Å². The minimum absolute atomic E-state index is 0.0421. The molecule has 0 bridgehead atoms. The lowest BCUT2D eigenvalue weighted by Crippen LogP contribution is -2.35. The average molecular weight is 268 g/mol. The molecule has 2 rings (SSSR count). The van der Waals surface area contributed by atoms with Gasteiger partial charge in [0.05, 0.1) is 17.1 Å². The number of nitrogens with one attached hydrogen (secondary N) is 2. The molecule has 98 valence electrons. The molecule has 1 atom stereocenters. The molecule has 18 heavy (non-hydrogen) atoms. The van der Waals surface area contributed by atoms with E-state index in [1.807, 2.05) is 6.07 Å². The van der Waals surface area contributed by atoms with Crippen molar-refractivity contribution in [2.45, 2.75) is 12.5 Å². The second kappa shape index (κ2) is 4.97. The van der Waals surface area contributed by atoms with E-state index in [4.69, 9.17) is 0 Å². The van der Waals surface area contributed by atoms with E-state index in [0.29, 0.717) is 12.0 Å². The number of rotatable bonds is 3. The van der Waals surface area contributed by atoms with Crippen LogP contribution in [-0.2, 0) is 9.84 Å². The average Bonchev–Trinajstić information content (AvgIpc) is 2.68. The van der Waals surface area contributed by atoms with Crippen LogP contribution >= 0.6 is 0 Å². The molecule has 1 saturated heterocycles. The van der Waals surface area contributed by atoms with Crippen molar-refractivity contribution >= 4 is 21.4 Å². The smallest absolute Gasteiger partial charge is 0.253 e. The number of para-hydroxylation sites is 1. The van der Waals surface area contributed by atoms with Crippen LogP contribution in [0.4, 0.5) is 5.69 Å². The van der Waals surface area contributed by atoms with E-state index in [1.165, 1.54) is 0 Å². The molecule has 6 heteroatoms. The van der Waals surface area contributed by atoms with Gasteiger partial charge in [0.2, 0.25) is 0 Å². The van der Waals surface area contributed by atoms with Crippen LogP contribution in [0.1, 0.15) is 16.8 Å². The Hall–Kier alpha value is -1.56. The summed E-state index contributed by atoms with van der Waals surface area (Å²) in [4.78, 5) is 12.0. The van der Waals surface area contributed by atoms with E-state index in [2.05, 4.69) is 10.6 Å². The third kappa shape index (κ3) is 2.81. The normalized spacial score (nSPS) is 21.5. The van der Waals surface area contributed by atoms with E-state index in [1.54, 1.807) is 25.2 Å². The third-order valence-corrected chi connectivity index (χ3v) is 4.78. The lowest BCUT2D eigenvalue weighted by molar-refractivity contribution is 0.0942. The maximum absolute atomic E-state index is 12.0. The van der Waals surface area contributed by atoms with Gasteiger partial charge in [-0.3, -0.25) is 4.79 Å². The predicted molar refractivity (Wildman–Crippen MR) is 70.5 cm³/mol. The van der Waals surface area contributed by atoms with E-state index < -0.39 is 9.84 Å². The Kier molecular flexibility index (Phi) is 3.56. The zero-order valence-corrected chi connectivity index (χ0v) is 11.0. The SMILES string of the molecule is CNc1ccccc1C(=O)NC1CCS(=O)(=O)C1. The third-order valence-electron chi connectivity index (χ3n) is 3.01. The summed E-state index contributed by atoms with van der Waals surface area (Å²) in [5, 5.41) is 5.71. The number of carbonyl (C=O) groups is 1. The quantitative estimate of drug-likeness (QED) is 0.844. The highest BCUT2D eigenvalue weighted by Gasteiger charge is 2.29. The van der Waals surface area contributed by atoms with E-state index in [9.17, 15) is 13.2 Å². The summed E-state index contributed by atoms with van der Waals surface area (Å²) in [5.74, 6) is -0.0337. The molecule has 0 saturated carbocycles. The summed E-state index contributed by atoms with van der Waals surface area (Å²) in [6, 6.07) is 6.86. The van der Waals surface area contributed by atoms with Gasteiger partial charge < -0.3 is 10.6 Å². The van der Waals surface area contributed by atoms with Gasteiger partial charge in [0.1, 0.15) is 0 Å². The molecule has 0 aromatic heterocycles. The van der Waals surface area contributed by atoms with Crippen molar-refractivity contribution < 1.29 is 13.2 Å². The summed E-state index contributed by atoms with van der Waals surface area (Å²) in [7, 11) is -1.23. The minimum Gasteiger partial charge on any atom is -0.387 e.